The molecule has 108 valence electrons. The van der Waals surface area contributed by atoms with Crippen LogP contribution in [0.15, 0.2) is 52.5 Å². The molecule has 0 unspecified atom stereocenters. The van der Waals surface area contributed by atoms with Crippen molar-refractivity contribution in [1.82, 2.24) is 9.99 Å². The van der Waals surface area contributed by atoms with E-state index >= 15 is 0 Å². The molecule has 0 aliphatic heterocycles. The van der Waals surface area contributed by atoms with Crippen LogP contribution in [0.25, 0.3) is 0 Å². The molecule has 0 fully saturated rings. The lowest BCUT2D eigenvalue weighted by molar-refractivity contribution is 0.0953. The van der Waals surface area contributed by atoms with E-state index in [0.717, 1.165) is 12.0 Å². The van der Waals surface area contributed by atoms with Crippen LogP contribution in [-0.4, -0.2) is 16.7 Å². The van der Waals surface area contributed by atoms with E-state index in [2.05, 4.69) is 17.5 Å². The summed E-state index contributed by atoms with van der Waals surface area (Å²) in [6.45, 7) is 2.09. The molecule has 21 heavy (non-hydrogen) atoms. The maximum atomic E-state index is 11.9. The van der Waals surface area contributed by atoms with Gasteiger partial charge >= 0.3 is 0 Å². The first-order valence-corrected chi connectivity index (χ1v) is 6.70. The van der Waals surface area contributed by atoms with Crippen LogP contribution >= 0.6 is 0 Å². The molecule has 5 heteroatoms. The van der Waals surface area contributed by atoms with Crippen molar-refractivity contribution in [3.63, 3.8) is 0 Å². The summed E-state index contributed by atoms with van der Waals surface area (Å²) in [5, 5.41) is 3.87. The van der Waals surface area contributed by atoms with Gasteiger partial charge in [-0.2, -0.15) is 5.10 Å². The molecule has 1 heterocycles. The zero-order valence-electron chi connectivity index (χ0n) is 12.0. The molecule has 0 bridgehead atoms. The van der Waals surface area contributed by atoms with E-state index in [0.29, 0.717) is 0 Å². The molecular formula is C16H17N3O2. The highest BCUT2D eigenvalue weighted by molar-refractivity contribution is 5.94. The Morgan fingerprint density at radius 1 is 1.29 bits per heavy atom. The molecule has 0 saturated carbocycles. The Morgan fingerprint density at radius 2 is 2.00 bits per heavy atom. The highest BCUT2D eigenvalue weighted by Gasteiger charge is 2.09. The van der Waals surface area contributed by atoms with Crippen LogP contribution in [0.2, 0.25) is 0 Å². The normalized spacial score (nSPS) is 10.8. The lowest BCUT2D eigenvalue weighted by atomic mass is 10.1. The Hall–Kier alpha value is -2.69. The number of rotatable bonds is 4. The van der Waals surface area contributed by atoms with Gasteiger partial charge in [-0.05, 0) is 29.7 Å². The number of nitrogens with one attached hydrogen (secondary N) is 1. The largest absolute Gasteiger partial charge is 0.318 e. The number of hydrogen-bond donors (Lipinski definition) is 1. The van der Waals surface area contributed by atoms with Crippen molar-refractivity contribution in [3.05, 3.63) is 69.6 Å². The summed E-state index contributed by atoms with van der Waals surface area (Å²) >= 11 is 0. The van der Waals surface area contributed by atoms with Crippen molar-refractivity contribution in [3.8, 4) is 0 Å². The Labute approximate surface area is 122 Å². The van der Waals surface area contributed by atoms with E-state index < -0.39 is 5.91 Å². The monoisotopic (exact) mass is 283 g/mol. The first-order chi connectivity index (χ1) is 10.1. The highest BCUT2D eigenvalue weighted by Crippen LogP contribution is 2.02. The van der Waals surface area contributed by atoms with Gasteiger partial charge in [-0.15, -0.1) is 0 Å². The third-order valence-corrected chi connectivity index (χ3v) is 3.14. The van der Waals surface area contributed by atoms with E-state index in [1.165, 1.54) is 16.2 Å². The lowest BCUT2D eigenvalue weighted by Crippen LogP contribution is -2.29. The van der Waals surface area contributed by atoms with E-state index in [9.17, 15) is 9.59 Å². The quantitative estimate of drug-likeness (QED) is 0.686. The zero-order valence-corrected chi connectivity index (χ0v) is 12.0. The third-order valence-electron chi connectivity index (χ3n) is 3.14. The molecule has 0 atom stereocenters. The molecule has 1 aromatic carbocycles. The molecule has 2 rings (SSSR count). The molecular weight excluding hydrogens is 266 g/mol. The van der Waals surface area contributed by atoms with Crippen LogP contribution in [0.4, 0.5) is 0 Å². The lowest BCUT2D eigenvalue weighted by Gasteiger charge is -2.01. The number of amides is 1. The molecule has 0 radical (unpaired) electrons. The number of benzene rings is 1. The van der Waals surface area contributed by atoms with Crippen molar-refractivity contribution in [1.29, 1.82) is 0 Å². The van der Waals surface area contributed by atoms with Crippen LogP contribution < -0.4 is 11.0 Å². The summed E-state index contributed by atoms with van der Waals surface area (Å²) < 4.78 is 1.35. The Balaban J connectivity index is 2.04. The summed E-state index contributed by atoms with van der Waals surface area (Å²) in [5.74, 6) is -0.516. The number of aryl methyl sites for hydroxylation is 2. The maximum Gasteiger partial charge on any atom is 0.276 e. The Bertz CT molecular complexity index is 715. The first kappa shape index (κ1) is 14.7. The second kappa shape index (κ2) is 6.65. The van der Waals surface area contributed by atoms with Crippen molar-refractivity contribution in [2.24, 2.45) is 12.1 Å². The van der Waals surface area contributed by atoms with Gasteiger partial charge in [0, 0.05) is 13.2 Å². The predicted octanol–water partition coefficient (Wildman–Crippen LogP) is 1.71. The summed E-state index contributed by atoms with van der Waals surface area (Å²) in [6.07, 6.45) is 4.12. The second-order valence-electron chi connectivity index (χ2n) is 4.63. The SMILES string of the molecule is CCc1ccc(/C=N\NC(=O)c2cccn(C)c2=O)cc1. The van der Waals surface area contributed by atoms with E-state index in [-0.39, 0.29) is 11.1 Å². The fourth-order valence-electron chi connectivity index (χ4n) is 1.84. The van der Waals surface area contributed by atoms with Crippen molar-refractivity contribution in [2.45, 2.75) is 13.3 Å². The molecule has 0 saturated heterocycles. The van der Waals surface area contributed by atoms with E-state index in [4.69, 9.17) is 0 Å². The van der Waals surface area contributed by atoms with Crippen LogP contribution in [0.5, 0.6) is 0 Å². The Kier molecular flexibility index (Phi) is 4.66. The summed E-state index contributed by atoms with van der Waals surface area (Å²) in [7, 11) is 1.59. The van der Waals surface area contributed by atoms with Gasteiger partial charge in [0.25, 0.3) is 11.5 Å². The maximum absolute atomic E-state index is 11.9. The second-order valence-corrected chi connectivity index (χ2v) is 4.63. The number of pyridine rings is 1. The van der Waals surface area contributed by atoms with Crippen LogP contribution in [-0.2, 0) is 13.5 Å². The van der Waals surface area contributed by atoms with Gasteiger partial charge < -0.3 is 4.57 Å². The fourth-order valence-corrected chi connectivity index (χ4v) is 1.84. The smallest absolute Gasteiger partial charge is 0.276 e. The number of carbonyl (C=O) groups excluding carboxylic acids is 1. The minimum atomic E-state index is -0.516. The zero-order chi connectivity index (χ0) is 15.2. The summed E-state index contributed by atoms with van der Waals surface area (Å²) in [5.41, 5.74) is 4.20. The number of hydrazone groups is 1. The standard InChI is InChI=1S/C16H17N3O2/c1-3-12-6-8-13(9-7-12)11-17-18-15(20)14-5-4-10-19(2)16(14)21/h4-11H,3H2,1-2H3,(H,18,20)/b17-11-. The van der Waals surface area contributed by atoms with Gasteiger partial charge in [0.2, 0.25) is 0 Å². The van der Waals surface area contributed by atoms with Crippen molar-refractivity contribution >= 4 is 12.1 Å². The van der Waals surface area contributed by atoms with E-state index in [1.807, 2.05) is 24.3 Å². The van der Waals surface area contributed by atoms with Crippen LogP contribution in [0.3, 0.4) is 0 Å². The Morgan fingerprint density at radius 3 is 2.67 bits per heavy atom. The van der Waals surface area contributed by atoms with Crippen LogP contribution in [0.1, 0.15) is 28.4 Å². The average molecular weight is 283 g/mol. The average Bonchev–Trinajstić information content (AvgIpc) is 2.50. The molecule has 2 aromatic rings. The summed E-state index contributed by atoms with van der Waals surface area (Å²) in [4.78, 5) is 23.6. The van der Waals surface area contributed by atoms with Gasteiger partial charge in [-0.25, -0.2) is 5.43 Å². The fraction of sp³-hybridized carbons (Fsp3) is 0.188. The highest BCUT2D eigenvalue weighted by atomic mass is 16.2. The number of hydrogen-bond acceptors (Lipinski definition) is 3. The number of aromatic nitrogens is 1. The number of nitrogens with zero attached hydrogens (tertiary/aromatic N) is 2. The minimum Gasteiger partial charge on any atom is -0.318 e. The van der Waals surface area contributed by atoms with Crippen LogP contribution in [0, 0.1) is 0 Å². The van der Waals surface area contributed by atoms with Gasteiger partial charge in [-0.1, -0.05) is 31.2 Å². The first-order valence-electron chi connectivity index (χ1n) is 6.70. The van der Waals surface area contributed by atoms with Crippen molar-refractivity contribution < 1.29 is 4.79 Å². The summed E-state index contributed by atoms with van der Waals surface area (Å²) in [6, 6.07) is 11.0. The van der Waals surface area contributed by atoms with Gasteiger partial charge in [0.05, 0.1) is 6.21 Å². The van der Waals surface area contributed by atoms with Gasteiger partial charge in [-0.3, -0.25) is 9.59 Å². The molecule has 1 N–H and O–H groups in total. The predicted molar refractivity (Wildman–Crippen MR) is 82.6 cm³/mol. The van der Waals surface area contributed by atoms with Crippen molar-refractivity contribution in [2.75, 3.05) is 0 Å². The molecule has 5 nitrogen and oxygen atoms in total. The van der Waals surface area contributed by atoms with Gasteiger partial charge in [0.1, 0.15) is 5.56 Å². The molecule has 1 amide bonds. The molecule has 0 aliphatic carbocycles. The number of carbonyl (C=O) groups is 1. The minimum absolute atomic E-state index is 0.0680. The van der Waals surface area contributed by atoms with Gasteiger partial charge in [0.15, 0.2) is 0 Å². The molecule has 1 aromatic heterocycles. The van der Waals surface area contributed by atoms with E-state index in [1.54, 1.807) is 25.5 Å². The molecule has 0 aliphatic rings. The topological polar surface area (TPSA) is 63.5 Å². The third kappa shape index (κ3) is 3.66. The molecule has 0 spiro atoms.